The number of aliphatic hydroxyl groups excluding tert-OH is 1. The molecule has 1 N–H and O–H groups in total. The van der Waals surface area contributed by atoms with Crippen molar-refractivity contribution in [1.82, 2.24) is 9.88 Å². The average Bonchev–Trinajstić information content (AvgIpc) is 3.57. The molecule has 0 amide bonds. The molecular weight excluding hydrogens is 348 g/mol. The molecule has 1 aliphatic rings. The van der Waals surface area contributed by atoms with Crippen molar-refractivity contribution in [2.24, 2.45) is 0 Å². The lowest BCUT2D eigenvalue weighted by molar-refractivity contribution is 0.254. The quantitative estimate of drug-likeness (QED) is 0.445. The van der Waals surface area contributed by atoms with Crippen LogP contribution in [0.25, 0.3) is 22.0 Å². The first-order valence-electron chi connectivity index (χ1n) is 9.86. The second kappa shape index (κ2) is 8.55. The summed E-state index contributed by atoms with van der Waals surface area (Å²) in [6.45, 7) is 1.56. The summed E-state index contributed by atoms with van der Waals surface area (Å²) in [4.78, 5) is 7.29. The molecule has 4 nitrogen and oxygen atoms in total. The molecule has 144 valence electrons. The summed E-state index contributed by atoms with van der Waals surface area (Å²) >= 11 is 0. The molecule has 1 heterocycles. The van der Waals surface area contributed by atoms with Gasteiger partial charge in [0.15, 0.2) is 0 Å². The molecule has 4 heteroatoms. The summed E-state index contributed by atoms with van der Waals surface area (Å²) < 4.78 is 6.13. The fraction of sp³-hybridized carbons (Fsp3) is 0.292. The van der Waals surface area contributed by atoms with E-state index in [2.05, 4.69) is 72.6 Å². The maximum atomic E-state index is 9.02. The van der Waals surface area contributed by atoms with E-state index in [1.165, 1.54) is 0 Å². The Bertz CT molecular complexity index is 963. The van der Waals surface area contributed by atoms with E-state index in [0.29, 0.717) is 12.6 Å². The van der Waals surface area contributed by atoms with Crippen LogP contribution in [-0.4, -0.2) is 41.3 Å². The summed E-state index contributed by atoms with van der Waals surface area (Å²) in [7, 11) is 2.11. The number of likely N-dealkylation sites (N-methyl/N-ethyl adjacent to an activating group) is 1. The van der Waals surface area contributed by atoms with Gasteiger partial charge in [-0.1, -0.05) is 54.6 Å². The molecule has 28 heavy (non-hydrogen) atoms. The van der Waals surface area contributed by atoms with Crippen LogP contribution >= 0.6 is 0 Å². The number of aromatic nitrogens is 1. The van der Waals surface area contributed by atoms with Gasteiger partial charge < -0.3 is 9.84 Å². The standard InChI is InChI=1S/C24H26N2O2/c1-26(20-12-13-20)17-19-16-23(28-15-6-5-14-27)22-11-7-10-21(24(22)25-19)18-8-3-2-4-9-18/h2-4,7-13,16,20,27H,5-6,14-15,17H2,1H3. The minimum Gasteiger partial charge on any atom is -0.493 e. The number of nitrogens with zero attached hydrogens (tertiary/aromatic N) is 2. The van der Waals surface area contributed by atoms with E-state index in [0.717, 1.165) is 52.9 Å². The number of ether oxygens (including phenoxy) is 1. The third-order valence-electron chi connectivity index (χ3n) is 5.03. The number of para-hydroxylation sites is 1. The first-order chi connectivity index (χ1) is 13.8. The van der Waals surface area contributed by atoms with Crippen LogP contribution in [0.5, 0.6) is 5.75 Å². The zero-order chi connectivity index (χ0) is 19.3. The van der Waals surface area contributed by atoms with Gasteiger partial charge in [0.1, 0.15) is 5.75 Å². The molecule has 3 aromatic rings. The predicted molar refractivity (Wildman–Crippen MR) is 113 cm³/mol. The lowest BCUT2D eigenvalue weighted by atomic mass is 10.0. The fourth-order valence-electron chi connectivity index (χ4n) is 3.42. The van der Waals surface area contributed by atoms with Crippen LogP contribution in [0.2, 0.25) is 0 Å². The zero-order valence-electron chi connectivity index (χ0n) is 16.2. The first-order valence-corrected chi connectivity index (χ1v) is 9.86. The molecule has 0 fully saturated rings. The Balaban J connectivity index is 1.74. The Labute approximate surface area is 166 Å². The number of aliphatic hydroxyl groups is 1. The highest BCUT2D eigenvalue weighted by Gasteiger charge is 2.19. The number of hydrogen-bond donors (Lipinski definition) is 1. The van der Waals surface area contributed by atoms with Crippen LogP contribution in [0, 0.1) is 0 Å². The minimum atomic E-state index is 0.197. The third-order valence-corrected chi connectivity index (χ3v) is 5.03. The molecule has 1 aliphatic carbocycles. The van der Waals surface area contributed by atoms with Gasteiger partial charge in [-0.25, -0.2) is 0 Å². The highest BCUT2D eigenvalue weighted by atomic mass is 16.5. The molecule has 2 aromatic carbocycles. The molecule has 0 saturated carbocycles. The maximum absolute atomic E-state index is 9.02. The van der Waals surface area contributed by atoms with Crippen LogP contribution in [0.1, 0.15) is 18.5 Å². The van der Waals surface area contributed by atoms with Crippen LogP contribution in [0.3, 0.4) is 0 Å². The van der Waals surface area contributed by atoms with E-state index in [9.17, 15) is 0 Å². The molecule has 1 aromatic heterocycles. The van der Waals surface area contributed by atoms with Gasteiger partial charge in [0, 0.05) is 36.2 Å². The van der Waals surface area contributed by atoms with Gasteiger partial charge in [-0.05, 0) is 31.5 Å². The smallest absolute Gasteiger partial charge is 0.130 e. The second-order valence-corrected chi connectivity index (χ2v) is 7.25. The Kier molecular flexibility index (Phi) is 5.70. The Morgan fingerprint density at radius 1 is 1.04 bits per heavy atom. The van der Waals surface area contributed by atoms with Crippen molar-refractivity contribution >= 4 is 10.9 Å². The van der Waals surface area contributed by atoms with E-state index < -0.39 is 0 Å². The Morgan fingerprint density at radius 2 is 1.86 bits per heavy atom. The maximum Gasteiger partial charge on any atom is 0.130 e. The molecule has 0 saturated heterocycles. The molecule has 0 atom stereocenters. The topological polar surface area (TPSA) is 45.6 Å². The SMILES string of the molecule is CN(Cc1cc(OCCCCO)c2cccc(-c3ccccc3)c2n1)C1C=C1. The van der Waals surface area contributed by atoms with E-state index >= 15 is 0 Å². The molecule has 4 rings (SSSR count). The minimum absolute atomic E-state index is 0.197. The van der Waals surface area contributed by atoms with Crippen molar-refractivity contribution < 1.29 is 9.84 Å². The van der Waals surface area contributed by atoms with E-state index in [4.69, 9.17) is 14.8 Å². The number of rotatable bonds is 9. The van der Waals surface area contributed by atoms with Gasteiger partial charge in [-0.2, -0.15) is 0 Å². The van der Waals surface area contributed by atoms with Crippen molar-refractivity contribution in [3.8, 4) is 16.9 Å². The number of pyridine rings is 1. The summed E-state index contributed by atoms with van der Waals surface area (Å²) in [6, 6.07) is 19.1. The second-order valence-electron chi connectivity index (χ2n) is 7.25. The van der Waals surface area contributed by atoms with Crippen molar-refractivity contribution in [1.29, 1.82) is 0 Å². The van der Waals surface area contributed by atoms with E-state index in [1.54, 1.807) is 0 Å². The first kappa shape index (κ1) is 18.7. The van der Waals surface area contributed by atoms with E-state index in [1.807, 2.05) is 6.07 Å². The number of fused-ring (bicyclic) bond motifs is 1. The Morgan fingerprint density at radius 3 is 2.61 bits per heavy atom. The number of hydrogen-bond acceptors (Lipinski definition) is 4. The molecule has 0 aliphatic heterocycles. The van der Waals surface area contributed by atoms with Gasteiger partial charge >= 0.3 is 0 Å². The number of benzene rings is 2. The van der Waals surface area contributed by atoms with Gasteiger partial charge in [-0.15, -0.1) is 0 Å². The molecular formula is C24H26N2O2. The number of unbranched alkanes of at least 4 members (excludes halogenated alkanes) is 1. The summed E-state index contributed by atoms with van der Waals surface area (Å²) in [6.07, 6.45) is 5.95. The fourth-order valence-corrected chi connectivity index (χ4v) is 3.42. The zero-order valence-corrected chi connectivity index (χ0v) is 16.2. The van der Waals surface area contributed by atoms with Crippen LogP contribution < -0.4 is 4.74 Å². The van der Waals surface area contributed by atoms with Crippen molar-refractivity contribution in [2.45, 2.75) is 25.4 Å². The van der Waals surface area contributed by atoms with Crippen LogP contribution in [0.15, 0.2) is 66.7 Å². The molecule has 0 radical (unpaired) electrons. The largest absolute Gasteiger partial charge is 0.493 e. The molecule has 0 bridgehead atoms. The Hall–Kier alpha value is -2.69. The van der Waals surface area contributed by atoms with Gasteiger partial charge in [0.25, 0.3) is 0 Å². The lowest BCUT2D eigenvalue weighted by Crippen LogP contribution is -2.21. The summed E-state index contributed by atoms with van der Waals surface area (Å²) in [5.41, 5.74) is 4.25. The lowest BCUT2D eigenvalue weighted by Gasteiger charge is -2.18. The van der Waals surface area contributed by atoms with Gasteiger partial charge in [-0.3, -0.25) is 9.88 Å². The van der Waals surface area contributed by atoms with Crippen molar-refractivity contribution in [3.63, 3.8) is 0 Å². The van der Waals surface area contributed by atoms with Crippen LogP contribution in [-0.2, 0) is 6.54 Å². The highest BCUT2D eigenvalue weighted by molar-refractivity contribution is 5.97. The van der Waals surface area contributed by atoms with Crippen molar-refractivity contribution in [2.75, 3.05) is 20.3 Å². The average molecular weight is 374 g/mol. The summed E-state index contributed by atoms with van der Waals surface area (Å²) in [5.74, 6) is 0.868. The third kappa shape index (κ3) is 4.24. The molecule has 0 spiro atoms. The van der Waals surface area contributed by atoms with E-state index in [-0.39, 0.29) is 6.61 Å². The van der Waals surface area contributed by atoms with Crippen LogP contribution in [0.4, 0.5) is 0 Å². The highest BCUT2D eigenvalue weighted by Crippen LogP contribution is 2.33. The predicted octanol–water partition coefficient (Wildman–Crippen LogP) is 4.42. The van der Waals surface area contributed by atoms with Gasteiger partial charge in [0.05, 0.1) is 17.8 Å². The molecule has 0 unspecified atom stereocenters. The van der Waals surface area contributed by atoms with Crippen molar-refractivity contribution in [3.05, 3.63) is 72.4 Å². The normalized spacial score (nSPS) is 13.4. The van der Waals surface area contributed by atoms with Gasteiger partial charge in [0.2, 0.25) is 0 Å². The summed E-state index contributed by atoms with van der Waals surface area (Å²) in [5, 5.41) is 10.1. The monoisotopic (exact) mass is 374 g/mol.